The standard InChI is InChI=1S/C25H24Cl2N2O8/c1-3-8-25(37-23(31)16-6-7-20(26)21(27)13-16)10-5-4-9-24(25,2)15-36-22(30)17-11-18(28(32)33)14-19(12-17)29(34)35/h3,6-7,11-14H,1,4-5,8-10,15H2,2H3/t24-,25+/m0/s1. The van der Waals surface area contributed by atoms with Gasteiger partial charge in [-0.05, 0) is 37.5 Å². The molecule has 0 amide bonds. The number of nitrogens with zero attached hydrogens (tertiary/aromatic N) is 2. The van der Waals surface area contributed by atoms with Gasteiger partial charge in [0.2, 0.25) is 0 Å². The summed E-state index contributed by atoms with van der Waals surface area (Å²) in [5.41, 5.74) is -3.28. The SMILES string of the molecule is C=CC[C@@]1(OC(=O)c2ccc(Cl)c(Cl)c2)CCCC[C@@]1(C)COC(=O)c1cc([N+](=O)[O-])cc([N+](=O)[O-])c1. The monoisotopic (exact) mass is 550 g/mol. The minimum Gasteiger partial charge on any atom is -0.461 e. The highest BCUT2D eigenvalue weighted by Gasteiger charge is 2.53. The molecule has 1 aliphatic rings. The molecule has 2 aromatic carbocycles. The minimum atomic E-state index is -1.08. The van der Waals surface area contributed by atoms with Crippen LogP contribution in [0.2, 0.25) is 10.0 Å². The van der Waals surface area contributed by atoms with E-state index in [0.717, 1.165) is 31.0 Å². The van der Waals surface area contributed by atoms with Gasteiger partial charge in [0.05, 0.1) is 37.1 Å². The van der Waals surface area contributed by atoms with Crippen LogP contribution in [0.15, 0.2) is 49.1 Å². The van der Waals surface area contributed by atoms with Crippen LogP contribution in [0.25, 0.3) is 0 Å². The number of halogens is 2. The van der Waals surface area contributed by atoms with E-state index in [-0.39, 0.29) is 34.2 Å². The van der Waals surface area contributed by atoms with E-state index >= 15 is 0 Å². The highest BCUT2D eigenvalue weighted by molar-refractivity contribution is 6.42. The molecule has 0 heterocycles. The van der Waals surface area contributed by atoms with Crippen LogP contribution in [0.1, 0.15) is 59.7 Å². The molecule has 1 fully saturated rings. The molecule has 10 nitrogen and oxygen atoms in total. The van der Waals surface area contributed by atoms with Crippen LogP contribution in [0, 0.1) is 25.6 Å². The van der Waals surface area contributed by atoms with Crippen molar-refractivity contribution in [2.45, 2.75) is 44.6 Å². The Labute approximate surface area is 222 Å². The number of nitro benzene ring substituents is 2. The maximum Gasteiger partial charge on any atom is 0.338 e. The first kappa shape index (κ1) is 28.1. The molecule has 0 aliphatic heterocycles. The zero-order chi connectivity index (χ0) is 27.4. The van der Waals surface area contributed by atoms with Crippen LogP contribution in [-0.4, -0.2) is 34.0 Å². The number of carbonyl (C=O) groups excluding carboxylic acids is 2. The Kier molecular flexibility index (Phi) is 8.55. The fraction of sp³-hybridized carbons (Fsp3) is 0.360. The molecule has 37 heavy (non-hydrogen) atoms. The molecule has 0 saturated heterocycles. The smallest absolute Gasteiger partial charge is 0.338 e. The molecule has 196 valence electrons. The summed E-state index contributed by atoms with van der Waals surface area (Å²) in [6, 6.07) is 6.98. The Bertz CT molecular complexity index is 1230. The third-order valence-corrected chi connectivity index (χ3v) is 7.40. The molecule has 0 radical (unpaired) electrons. The van der Waals surface area contributed by atoms with Gasteiger partial charge in [0, 0.05) is 24.0 Å². The molecule has 0 bridgehead atoms. The van der Waals surface area contributed by atoms with E-state index in [4.69, 9.17) is 32.7 Å². The van der Waals surface area contributed by atoms with Crippen molar-refractivity contribution in [3.63, 3.8) is 0 Å². The van der Waals surface area contributed by atoms with E-state index in [9.17, 15) is 29.8 Å². The van der Waals surface area contributed by atoms with Crippen molar-refractivity contribution >= 4 is 46.5 Å². The van der Waals surface area contributed by atoms with Crippen molar-refractivity contribution in [2.24, 2.45) is 5.41 Å². The molecule has 1 saturated carbocycles. The van der Waals surface area contributed by atoms with E-state index in [2.05, 4.69) is 6.58 Å². The minimum absolute atomic E-state index is 0.195. The Morgan fingerprint density at radius 3 is 2.16 bits per heavy atom. The van der Waals surface area contributed by atoms with Crippen LogP contribution >= 0.6 is 23.2 Å². The topological polar surface area (TPSA) is 139 Å². The number of ether oxygens (including phenoxy) is 2. The van der Waals surface area contributed by atoms with Crippen molar-refractivity contribution in [2.75, 3.05) is 6.61 Å². The molecule has 1 aliphatic carbocycles. The van der Waals surface area contributed by atoms with Gasteiger partial charge in [-0.2, -0.15) is 0 Å². The lowest BCUT2D eigenvalue weighted by Gasteiger charge is -2.50. The van der Waals surface area contributed by atoms with Crippen molar-refractivity contribution < 1.29 is 28.9 Å². The van der Waals surface area contributed by atoms with Crippen molar-refractivity contribution in [1.29, 1.82) is 0 Å². The van der Waals surface area contributed by atoms with E-state index in [1.54, 1.807) is 6.08 Å². The Morgan fingerprint density at radius 1 is 0.973 bits per heavy atom. The first-order chi connectivity index (χ1) is 17.4. The van der Waals surface area contributed by atoms with E-state index in [0.29, 0.717) is 12.8 Å². The van der Waals surface area contributed by atoms with Gasteiger partial charge in [0.15, 0.2) is 0 Å². The lowest BCUT2D eigenvalue weighted by molar-refractivity contribution is -0.394. The second kappa shape index (κ2) is 11.3. The summed E-state index contributed by atoms with van der Waals surface area (Å²) in [4.78, 5) is 46.7. The molecule has 0 spiro atoms. The quantitative estimate of drug-likeness (QED) is 0.145. The lowest BCUT2D eigenvalue weighted by Crippen LogP contribution is -2.54. The number of nitro groups is 2. The summed E-state index contributed by atoms with van der Waals surface area (Å²) >= 11 is 12.0. The van der Waals surface area contributed by atoms with E-state index in [1.807, 2.05) is 6.92 Å². The molecular weight excluding hydrogens is 527 g/mol. The predicted octanol–water partition coefficient (Wildman–Crippen LogP) is 6.72. The maximum absolute atomic E-state index is 13.1. The average Bonchev–Trinajstić information content (AvgIpc) is 2.86. The van der Waals surface area contributed by atoms with Crippen molar-refractivity contribution in [3.8, 4) is 0 Å². The normalized spacial score (nSPS) is 21.1. The van der Waals surface area contributed by atoms with Gasteiger partial charge < -0.3 is 9.47 Å². The van der Waals surface area contributed by atoms with Crippen molar-refractivity contribution in [1.82, 2.24) is 0 Å². The van der Waals surface area contributed by atoms with Gasteiger partial charge in [0.1, 0.15) is 12.2 Å². The van der Waals surface area contributed by atoms with Crippen LogP contribution in [0.5, 0.6) is 0 Å². The molecule has 12 heteroatoms. The molecule has 2 aromatic rings. The second-order valence-electron chi connectivity index (χ2n) is 9.10. The van der Waals surface area contributed by atoms with Gasteiger partial charge in [0.25, 0.3) is 11.4 Å². The average molecular weight is 551 g/mol. The first-order valence-electron chi connectivity index (χ1n) is 11.3. The highest BCUT2D eigenvalue weighted by atomic mass is 35.5. The highest BCUT2D eigenvalue weighted by Crippen LogP contribution is 2.49. The Morgan fingerprint density at radius 2 is 1.59 bits per heavy atom. The summed E-state index contributed by atoms with van der Waals surface area (Å²) in [5.74, 6) is -1.60. The zero-order valence-corrected chi connectivity index (χ0v) is 21.4. The zero-order valence-electron chi connectivity index (χ0n) is 19.9. The van der Waals surface area contributed by atoms with Crippen molar-refractivity contribution in [3.05, 3.63) is 90.5 Å². The number of hydrogen-bond acceptors (Lipinski definition) is 8. The first-order valence-corrected chi connectivity index (χ1v) is 12.1. The van der Waals surface area contributed by atoms with Gasteiger partial charge in [-0.3, -0.25) is 20.2 Å². The number of carbonyl (C=O) groups is 2. The summed E-state index contributed by atoms with van der Waals surface area (Å²) < 4.78 is 11.6. The summed E-state index contributed by atoms with van der Waals surface area (Å²) in [6.07, 6.45) is 4.44. The Hall–Kier alpha value is -3.50. The largest absolute Gasteiger partial charge is 0.461 e. The lowest BCUT2D eigenvalue weighted by atomic mass is 9.63. The molecular formula is C25H24Cl2N2O8. The fourth-order valence-electron chi connectivity index (χ4n) is 4.55. The molecule has 0 N–H and O–H groups in total. The predicted molar refractivity (Wildman–Crippen MR) is 136 cm³/mol. The third kappa shape index (κ3) is 6.08. The number of esters is 2. The summed E-state index contributed by atoms with van der Waals surface area (Å²) in [7, 11) is 0. The number of rotatable bonds is 9. The van der Waals surface area contributed by atoms with Crippen LogP contribution in [0.4, 0.5) is 11.4 Å². The molecule has 0 unspecified atom stereocenters. The number of benzene rings is 2. The third-order valence-electron chi connectivity index (χ3n) is 6.66. The Balaban J connectivity index is 1.88. The molecule has 2 atom stereocenters. The van der Waals surface area contributed by atoms with E-state index < -0.39 is 44.2 Å². The van der Waals surface area contributed by atoms with Gasteiger partial charge in [-0.1, -0.05) is 42.6 Å². The van der Waals surface area contributed by atoms with Gasteiger partial charge in [-0.25, -0.2) is 9.59 Å². The molecule has 3 rings (SSSR count). The van der Waals surface area contributed by atoms with E-state index in [1.165, 1.54) is 18.2 Å². The van der Waals surface area contributed by atoms with Crippen LogP contribution < -0.4 is 0 Å². The summed E-state index contributed by atoms with van der Waals surface area (Å²) in [5, 5.41) is 22.8. The van der Waals surface area contributed by atoms with Crippen LogP contribution in [-0.2, 0) is 9.47 Å². The fourth-order valence-corrected chi connectivity index (χ4v) is 4.85. The van der Waals surface area contributed by atoms with Crippen LogP contribution in [0.3, 0.4) is 0 Å². The molecule has 0 aromatic heterocycles. The maximum atomic E-state index is 13.1. The number of non-ortho nitro benzene ring substituents is 2. The van der Waals surface area contributed by atoms with Gasteiger partial charge >= 0.3 is 11.9 Å². The summed E-state index contributed by atoms with van der Waals surface area (Å²) in [6.45, 7) is 5.42. The second-order valence-corrected chi connectivity index (χ2v) is 9.92. The number of hydrogen-bond donors (Lipinski definition) is 0. The van der Waals surface area contributed by atoms with Gasteiger partial charge in [-0.15, -0.1) is 6.58 Å².